The van der Waals surface area contributed by atoms with Crippen molar-refractivity contribution in [2.75, 3.05) is 26.4 Å². The maximum Gasteiger partial charge on any atom is 0.264 e. The molecule has 0 saturated carbocycles. The van der Waals surface area contributed by atoms with Crippen molar-refractivity contribution in [1.29, 1.82) is 0 Å². The first-order chi connectivity index (χ1) is 18.2. The van der Waals surface area contributed by atoms with Crippen LogP contribution in [0.1, 0.15) is 53.9 Å². The molecule has 0 spiro atoms. The highest BCUT2D eigenvalue weighted by atomic mass is 32.2. The highest BCUT2D eigenvalue weighted by Crippen LogP contribution is 2.19. The van der Waals surface area contributed by atoms with Crippen molar-refractivity contribution in [2.45, 2.75) is 76.9 Å². The topological polar surface area (TPSA) is 142 Å². The number of rotatable bonds is 10. The number of sulfonamides is 1. The van der Waals surface area contributed by atoms with E-state index in [9.17, 15) is 22.8 Å². The van der Waals surface area contributed by atoms with Gasteiger partial charge in [-0.15, -0.1) is 0 Å². The molecular formula is C28H43N5O5S. The van der Waals surface area contributed by atoms with Gasteiger partial charge in [-0.05, 0) is 83.0 Å². The summed E-state index contributed by atoms with van der Waals surface area (Å²) in [5.41, 5.74) is 6.86. The summed E-state index contributed by atoms with van der Waals surface area (Å²) in [4.78, 5) is 43.1. The van der Waals surface area contributed by atoms with Gasteiger partial charge in [0.2, 0.25) is 11.8 Å². The number of carbonyl (C=O) groups is 3. The maximum absolute atomic E-state index is 13.7. The van der Waals surface area contributed by atoms with E-state index in [1.807, 2.05) is 32.7 Å². The molecule has 11 heteroatoms. The van der Waals surface area contributed by atoms with Crippen LogP contribution in [-0.2, 0) is 24.4 Å². The predicted molar refractivity (Wildman–Crippen MR) is 153 cm³/mol. The Morgan fingerprint density at radius 3 is 2.28 bits per heavy atom. The Bertz CT molecular complexity index is 1210. The zero-order chi connectivity index (χ0) is 29.5. The summed E-state index contributed by atoms with van der Waals surface area (Å²) in [6, 6.07) is 3.81. The van der Waals surface area contributed by atoms with Crippen molar-refractivity contribution in [3.05, 3.63) is 47.6 Å². The van der Waals surface area contributed by atoms with Crippen LogP contribution in [0.5, 0.6) is 0 Å². The third kappa shape index (κ3) is 8.40. The Kier molecular flexibility index (Phi) is 11.3. The number of anilines is 1. The number of carbonyl (C=O) groups excluding carboxylic acids is 3. The zero-order valence-corrected chi connectivity index (χ0v) is 24.8. The van der Waals surface area contributed by atoms with Crippen molar-refractivity contribution >= 4 is 33.4 Å². The van der Waals surface area contributed by atoms with Crippen LogP contribution in [0.4, 0.5) is 5.69 Å². The van der Waals surface area contributed by atoms with Gasteiger partial charge in [-0.25, -0.2) is 13.1 Å². The molecule has 10 nitrogen and oxygen atoms in total. The van der Waals surface area contributed by atoms with Gasteiger partial charge in [-0.1, -0.05) is 32.4 Å². The van der Waals surface area contributed by atoms with Crippen LogP contribution in [0.2, 0.25) is 0 Å². The summed E-state index contributed by atoms with van der Waals surface area (Å²) in [7, 11) is -0.574. The van der Waals surface area contributed by atoms with Crippen molar-refractivity contribution in [2.24, 2.45) is 5.92 Å². The van der Waals surface area contributed by atoms with E-state index >= 15 is 0 Å². The minimum absolute atomic E-state index is 0.0884. The van der Waals surface area contributed by atoms with Gasteiger partial charge >= 0.3 is 0 Å². The summed E-state index contributed by atoms with van der Waals surface area (Å²) in [5.74, 6) is -1.42. The predicted octanol–water partition coefficient (Wildman–Crippen LogP) is 2.44. The van der Waals surface area contributed by atoms with Crippen molar-refractivity contribution in [3.8, 4) is 0 Å². The van der Waals surface area contributed by atoms with E-state index in [-0.39, 0.29) is 34.2 Å². The van der Waals surface area contributed by atoms with E-state index in [0.717, 1.165) is 25.8 Å². The SMILES string of the molecule is CC=C(C)C(NC(=O)C1CCCCN1C)C(=O)N(C)C(C=C(C)C(=O)NS(=O)(=O)c1ccc(N)cc1)C(C)C. The summed E-state index contributed by atoms with van der Waals surface area (Å²) in [6.07, 6.45) is 6.10. The third-order valence-corrected chi connectivity index (χ3v) is 8.54. The number of hydrogen-bond donors (Lipinski definition) is 3. The van der Waals surface area contributed by atoms with Gasteiger partial charge in [0, 0.05) is 18.3 Å². The molecule has 1 aliphatic rings. The number of nitrogens with two attached hydrogens (primary N) is 1. The zero-order valence-electron chi connectivity index (χ0n) is 24.0. The fourth-order valence-electron chi connectivity index (χ4n) is 4.52. The number of allylic oxidation sites excluding steroid dienone is 1. The number of nitrogens with one attached hydrogen (secondary N) is 2. The number of nitrogen functional groups attached to an aromatic ring is 1. The minimum atomic E-state index is -4.11. The quantitative estimate of drug-likeness (QED) is 0.226. The smallest absolute Gasteiger partial charge is 0.264 e. The van der Waals surface area contributed by atoms with Gasteiger partial charge in [-0.2, -0.15) is 0 Å². The van der Waals surface area contributed by atoms with E-state index in [2.05, 4.69) is 10.0 Å². The van der Waals surface area contributed by atoms with Crippen LogP contribution in [0, 0.1) is 5.92 Å². The van der Waals surface area contributed by atoms with Gasteiger partial charge in [0.1, 0.15) is 6.04 Å². The molecule has 1 aromatic carbocycles. The highest BCUT2D eigenvalue weighted by molar-refractivity contribution is 7.90. The average Bonchev–Trinajstić information content (AvgIpc) is 2.88. The van der Waals surface area contributed by atoms with Crippen molar-refractivity contribution in [3.63, 3.8) is 0 Å². The van der Waals surface area contributed by atoms with E-state index in [0.29, 0.717) is 11.3 Å². The van der Waals surface area contributed by atoms with Gasteiger partial charge < -0.3 is 16.0 Å². The molecule has 1 aromatic rings. The van der Waals surface area contributed by atoms with E-state index in [4.69, 9.17) is 5.73 Å². The van der Waals surface area contributed by atoms with Gasteiger partial charge in [-0.3, -0.25) is 19.3 Å². The Balaban J connectivity index is 2.25. The first-order valence-corrected chi connectivity index (χ1v) is 14.7. The Morgan fingerprint density at radius 2 is 1.74 bits per heavy atom. The number of likely N-dealkylation sites (N-methyl/N-ethyl adjacent to an activating group) is 2. The number of likely N-dealkylation sites (tertiary alicyclic amines) is 1. The molecule has 0 aliphatic carbocycles. The summed E-state index contributed by atoms with van der Waals surface area (Å²) in [6.45, 7) is 9.72. The first-order valence-electron chi connectivity index (χ1n) is 13.2. The molecular weight excluding hydrogens is 518 g/mol. The monoisotopic (exact) mass is 561 g/mol. The van der Waals surface area contributed by atoms with Crippen molar-refractivity contribution in [1.82, 2.24) is 19.8 Å². The molecule has 3 atom stereocenters. The van der Waals surface area contributed by atoms with Crippen LogP contribution in [0.25, 0.3) is 0 Å². The van der Waals surface area contributed by atoms with Crippen LogP contribution < -0.4 is 15.8 Å². The van der Waals surface area contributed by atoms with Gasteiger partial charge in [0.05, 0.1) is 17.0 Å². The summed E-state index contributed by atoms with van der Waals surface area (Å²) < 4.78 is 27.4. The fraction of sp³-hybridized carbons (Fsp3) is 0.536. The van der Waals surface area contributed by atoms with Crippen LogP contribution in [0.15, 0.2) is 52.5 Å². The second-order valence-corrected chi connectivity index (χ2v) is 12.2. The number of benzene rings is 1. The number of amides is 3. The fourth-order valence-corrected chi connectivity index (χ4v) is 5.54. The van der Waals surface area contributed by atoms with Crippen LogP contribution in [-0.4, -0.2) is 74.7 Å². The second-order valence-electron chi connectivity index (χ2n) is 10.5. The van der Waals surface area contributed by atoms with E-state index in [1.165, 1.54) is 36.1 Å². The minimum Gasteiger partial charge on any atom is -0.399 e. The van der Waals surface area contributed by atoms with Crippen LogP contribution >= 0.6 is 0 Å². The van der Waals surface area contributed by atoms with Gasteiger partial charge in [0.25, 0.3) is 15.9 Å². The lowest BCUT2D eigenvalue weighted by atomic mass is 9.97. The number of nitrogens with zero attached hydrogens (tertiary/aromatic N) is 2. The van der Waals surface area contributed by atoms with Crippen molar-refractivity contribution < 1.29 is 22.8 Å². The molecule has 0 bridgehead atoms. The Labute approximate surface area is 232 Å². The molecule has 216 valence electrons. The van der Waals surface area contributed by atoms with E-state index in [1.54, 1.807) is 26.1 Å². The van der Waals surface area contributed by atoms with Crippen LogP contribution in [0.3, 0.4) is 0 Å². The van der Waals surface area contributed by atoms with E-state index < -0.39 is 28.0 Å². The first kappa shape index (κ1) is 32.0. The lowest BCUT2D eigenvalue weighted by molar-refractivity contribution is -0.137. The normalized spacial score (nSPS) is 18.8. The Hall–Kier alpha value is -3.18. The maximum atomic E-state index is 13.7. The molecule has 3 amide bonds. The number of piperidine rings is 1. The molecule has 0 aromatic heterocycles. The molecule has 1 aliphatic heterocycles. The largest absolute Gasteiger partial charge is 0.399 e. The summed E-state index contributed by atoms with van der Waals surface area (Å²) >= 11 is 0. The molecule has 1 heterocycles. The molecule has 2 rings (SSSR count). The second kappa shape index (κ2) is 13.7. The lowest BCUT2D eigenvalue weighted by Gasteiger charge is -2.35. The lowest BCUT2D eigenvalue weighted by Crippen LogP contribution is -2.56. The standard InChI is InChI=1S/C28H43N5O5S/c1-8-19(4)25(30-27(35)23-11-9-10-16-32(23)6)28(36)33(7)24(18(2)3)17-20(5)26(34)31-39(37,38)22-14-12-21(29)13-15-22/h8,12-15,17-18,23-25H,9-11,16,29H2,1-7H3,(H,30,35)(H,31,34). The average molecular weight is 562 g/mol. The molecule has 39 heavy (non-hydrogen) atoms. The molecule has 1 saturated heterocycles. The highest BCUT2D eigenvalue weighted by Gasteiger charge is 2.33. The number of hydrogen-bond acceptors (Lipinski definition) is 7. The summed E-state index contributed by atoms with van der Waals surface area (Å²) in [5, 5.41) is 2.94. The third-order valence-electron chi connectivity index (χ3n) is 7.19. The Morgan fingerprint density at radius 1 is 1.13 bits per heavy atom. The molecule has 3 unspecified atom stereocenters. The molecule has 4 N–H and O–H groups in total. The van der Waals surface area contributed by atoms with Gasteiger partial charge in [0.15, 0.2) is 0 Å². The molecule has 1 fully saturated rings. The molecule has 0 radical (unpaired) electrons.